The second kappa shape index (κ2) is 7.51. The first-order valence-electron chi connectivity index (χ1n) is 8.70. The van der Waals surface area contributed by atoms with Crippen molar-refractivity contribution in [1.29, 1.82) is 0 Å². The highest BCUT2D eigenvalue weighted by atomic mass is 16.7. The Hall–Kier alpha value is -3.32. The molecule has 1 aromatic heterocycles. The summed E-state index contributed by atoms with van der Waals surface area (Å²) in [6.45, 7) is 2.09. The van der Waals surface area contributed by atoms with Crippen molar-refractivity contribution in [3.63, 3.8) is 0 Å². The third kappa shape index (κ3) is 3.93. The van der Waals surface area contributed by atoms with Crippen LogP contribution in [0.3, 0.4) is 0 Å². The van der Waals surface area contributed by atoms with Crippen LogP contribution in [0.2, 0.25) is 0 Å². The number of nitrogens with one attached hydrogen (secondary N) is 2. The van der Waals surface area contributed by atoms with E-state index in [1.807, 2.05) is 61.5 Å². The van der Waals surface area contributed by atoms with Crippen LogP contribution in [0.1, 0.15) is 6.92 Å². The van der Waals surface area contributed by atoms with Gasteiger partial charge in [-0.2, -0.15) is 4.98 Å². The summed E-state index contributed by atoms with van der Waals surface area (Å²) in [5.74, 6) is 2.51. The zero-order chi connectivity index (χ0) is 18.6. The molecule has 7 nitrogen and oxygen atoms in total. The minimum absolute atomic E-state index is 0.0101. The Kier molecular flexibility index (Phi) is 4.76. The summed E-state index contributed by atoms with van der Waals surface area (Å²) in [6.07, 6.45) is 0. The van der Waals surface area contributed by atoms with Gasteiger partial charge in [0.2, 0.25) is 12.7 Å². The van der Waals surface area contributed by atoms with E-state index in [0.29, 0.717) is 17.5 Å². The van der Waals surface area contributed by atoms with Crippen LogP contribution in [-0.4, -0.2) is 34.5 Å². The van der Waals surface area contributed by atoms with Crippen LogP contribution < -0.4 is 20.1 Å². The first-order valence-corrected chi connectivity index (χ1v) is 8.70. The Bertz CT molecular complexity index is 934. The molecule has 0 spiro atoms. The standard InChI is InChI=1S/C20H20N4O3/c1-13(11-25)21-20-23-16(14-5-3-2-4-6-14)10-19(24-20)22-15-7-8-17-18(9-15)27-12-26-17/h2-10,13,25H,11-12H2,1H3,(H2,21,22,23,24)/t13-/m0/s1. The number of aliphatic hydroxyl groups is 1. The van der Waals surface area contributed by atoms with Crippen LogP contribution in [0, 0.1) is 0 Å². The molecular formula is C20H20N4O3. The molecule has 0 aliphatic carbocycles. The van der Waals surface area contributed by atoms with E-state index >= 15 is 0 Å². The predicted molar refractivity (Wildman–Crippen MR) is 103 cm³/mol. The summed E-state index contributed by atoms with van der Waals surface area (Å²) in [7, 11) is 0. The number of ether oxygens (including phenoxy) is 2. The number of hydrogen-bond donors (Lipinski definition) is 3. The molecule has 27 heavy (non-hydrogen) atoms. The maximum atomic E-state index is 9.32. The molecule has 0 saturated carbocycles. The topological polar surface area (TPSA) is 88.5 Å². The molecule has 0 radical (unpaired) electrons. The van der Waals surface area contributed by atoms with Crippen molar-refractivity contribution in [2.45, 2.75) is 13.0 Å². The van der Waals surface area contributed by atoms with Crippen molar-refractivity contribution in [3.05, 3.63) is 54.6 Å². The Morgan fingerprint density at radius 2 is 1.85 bits per heavy atom. The van der Waals surface area contributed by atoms with Gasteiger partial charge in [-0.3, -0.25) is 0 Å². The minimum atomic E-state index is -0.158. The fraction of sp³-hybridized carbons (Fsp3) is 0.200. The molecule has 0 bridgehead atoms. The molecule has 0 fully saturated rings. The summed E-state index contributed by atoms with van der Waals surface area (Å²) in [4.78, 5) is 9.09. The molecular weight excluding hydrogens is 344 g/mol. The van der Waals surface area contributed by atoms with Crippen LogP contribution in [0.15, 0.2) is 54.6 Å². The number of benzene rings is 2. The maximum absolute atomic E-state index is 9.32. The summed E-state index contributed by atoms with van der Waals surface area (Å²) < 4.78 is 10.8. The van der Waals surface area contributed by atoms with Crippen molar-refractivity contribution in [3.8, 4) is 22.8 Å². The van der Waals surface area contributed by atoms with Crippen molar-refractivity contribution in [2.24, 2.45) is 0 Å². The van der Waals surface area contributed by atoms with Crippen molar-refractivity contribution >= 4 is 17.5 Å². The fourth-order valence-corrected chi connectivity index (χ4v) is 2.72. The maximum Gasteiger partial charge on any atom is 0.231 e. The predicted octanol–water partition coefficient (Wildman–Crippen LogP) is 3.41. The Morgan fingerprint density at radius 1 is 1.04 bits per heavy atom. The summed E-state index contributed by atoms with van der Waals surface area (Å²) in [6, 6.07) is 17.2. The number of nitrogens with zero attached hydrogens (tertiary/aromatic N) is 2. The second-order valence-electron chi connectivity index (χ2n) is 6.25. The molecule has 4 rings (SSSR count). The van der Waals surface area contributed by atoms with Gasteiger partial charge in [0.15, 0.2) is 11.5 Å². The van der Waals surface area contributed by atoms with E-state index < -0.39 is 0 Å². The normalized spacial score (nSPS) is 13.3. The Balaban J connectivity index is 1.67. The first kappa shape index (κ1) is 17.1. The number of rotatable bonds is 6. The van der Waals surface area contributed by atoms with Gasteiger partial charge < -0.3 is 25.2 Å². The van der Waals surface area contributed by atoms with Crippen LogP contribution in [-0.2, 0) is 0 Å². The highest BCUT2D eigenvalue weighted by Gasteiger charge is 2.14. The molecule has 0 saturated heterocycles. The van der Waals surface area contributed by atoms with E-state index in [9.17, 15) is 5.11 Å². The fourth-order valence-electron chi connectivity index (χ4n) is 2.72. The van der Waals surface area contributed by atoms with Gasteiger partial charge in [-0.05, 0) is 19.1 Å². The molecule has 2 aromatic carbocycles. The molecule has 2 heterocycles. The highest BCUT2D eigenvalue weighted by molar-refractivity contribution is 5.68. The molecule has 3 aromatic rings. The van der Waals surface area contributed by atoms with Crippen LogP contribution >= 0.6 is 0 Å². The lowest BCUT2D eigenvalue weighted by molar-refractivity contribution is 0.174. The Labute approximate surface area is 157 Å². The zero-order valence-electron chi connectivity index (χ0n) is 14.8. The van der Waals surface area contributed by atoms with Gasteiger partial charge in [0.05, 0.1) is 12.3 Å². The van der Waals surface area contributed by atoms with Crippen molar-refractivity contribution in [2.75, 3.05) is 24.0 Å². The van der Waals surface area contributed by atoms with E-state index in [-0.39, 0.29) is 19.4 Å². The molecule has 1 aliphatic heterocycles. The van der Waals surface area contributed by atoms with Gasteiger partial charge in [0.1, 0.15) is 5.82 Å². The average molecular weight is 364 g/mol. The lowest BCUT2D eigenvalue weighted by Gasteiger charge is -2.14. The van der Waals surface area contributed by atoms with Crippen LogP contribution in [0.25, 0.3) is 11.3 Å². The molecule has 0 amide bonds. The molecule has 1 atom stereocenters. The lowest BCUT2D eigenvalue weighted by Crippen LogP contribution is -2.21. The molecule has 7 heteroatoms. The number of aliphatic hydroxyl groups excluding tert-OH is 1. The zero-order valence-corrected chi connectivity index (χ0v) is 14.8. The Morgan fingerprint density at radius 3 is 2.67 bits per heavy atom. The van der Waals surface area contributed by atoms with Gasteiger partial charge in [-0.25, -0.2) is 4.98 Å². The number of fused-ring (bicyclic) bond motifs is 1. The third-order valence-electron chi connectivity index (χ3n) is 4.09. The highest BCUT2D eigenvalue weighted by Crippen LogP contribution is 2.35. The van der Waals surface area contributed by atoms with E-state index in [2.05, 4.69) is 20.6 Å². The van der Waals surface area contributed by atoms with Crippen LogP contribution in [0.4, 0.5) is 17.5 Å². The van der Waals surface area contributed by atoms with Crippen molar-refractivity contribution in [1.82, 2.24) is 9.97 Å². The smallest absolute Gasteiger partial charge is 0.231 e. The van der Waals surface area contributed by atoms with Crippen LogP contribution in [0.5, 0.6) is 11.5 Å². The number of aromatic nitrogens is 2. The van der Waals surface area contributed by atoms with Gasteiger partial charge in [-0.15, -0.1) is 0 Å². The second-order valence-corrected chi connectivity index (χ2v) is 6.25. The summed E-state index contributed by atoms with van der Waals surface area (Å²) in [5.41, 5.74) is 2.59. The van der Waals surface area contributed by atoms with Gasteiger partial charge in [0, 0.05) is 29.4 Å². The number of hydrogen-bond acceptors (Lipinski definition) is 7. The van der Waals surface area contributed by atoms with E-state index in [4.69, 9.17) is 9.47 Å². The monoisotopic (exact) mass is 364 g/mol. The molecule has 138 valence electrons. The molecule has 1 aliphatic rings. The quantitative estimate of drug-likeness (QED) is 0.618. The molecule has 3 N–H and O–H groups in total. The van der Waals surface area contributed by atoms with Gasteiger partial charge in [0.25, 0.3) is 0 Å². The first-order chi connectivity index (χ1) is 13.2. The van der Waals surface area contributed by atoms with Crippen molar-refractivity contribution < 1.29 is 14.6 Å². The lowest BCUT2D eigenvalue weighted by atomic mass is 10.1. The van der Waals surface area contributed by atoms with Gasteiger partial charge >= 0.3 is 0 Å². The molecule has 0 unspecified atom stereocenters. The minimum Gasteiger partial charge on any atom is -0.454 e. The van der Waals surface area contributed by atoms with E-state index in [1.165, 1.54) is 0 Å². The van der Waals surface area contributed by atoms with E-state index in [1.54, 1.807) is 0 Å². The largest absolute Gasteiger partial charge is 0.454 e. The summed E-state index contributed by atoms with van der Waals surface area (Å²) in [5, 5.41) is 15.7. The van der Waals surface area contributed by atoms with E-state index in [0.717, 1.165) is 22.7 Å². The average Bonchev–Trinajstić information content (AvgIpc) is 3.16. The third-order valence-corrected chi connectivity index (χ3v) is 4.09. The number of anilines is 3. The van der Waals surface area contributed by atoms with Gasteiger partial charge in [-0.1, -0.05) is 30.3 Å². The SMILES string of the molecule is C[C@@H](CO)Nc1nc(Nc2ccc3c(c2)OCO3)cc(-c2ccccc2)n1. The summed E-state index contributed by atoms with van der Waals surface area (Å²) >= 11 is 0.